The number of rotatable bonds is 11. The summed E-state index contributed by atoms with van der Waals surface area (Å²) in [7, 11) is 0. The van der Waals surface area contributed by atoms with Gasteiger partial charge in [-0.05, 0) is 77.9 Å². The molecule has 1 aromatic heterocycles. The average Bonchev–Trinajstić information content (AvgIpc) is 3.33. The Kier molecular flexibility index (Phi) is 9.72. The van der Waals surface area contributed by atoms with Gasteiger partial charge >= 0.3 is 0 Å². The Morgan fingerprint density at radius 3 is 2.35 bits per heavy atom. The Morgan fingerprint density at radius 2 is 1.68 bits per heavy atom. The molecule has 0 unspecified atom stereocenters. The third kappa shape index (κ3) is 7.65. The number of hydrogen-bond donors (Lipinski definition) is 2. The molecule has 190 valence electrons. The minimum Gasteiger partial charge on any atom is -0.378 e. The van der Waals surface area contributed by atoms with E-state index in [1.54, 1.807) is 0 Å². The molecule has 1 heterocycles. The summed E-state index contributed by atoms with van der Waals surface area (Å²) in [6.07, 6.45) is 1.47. The van der Waals surface area contributed by atoms with Crippen LogP contribution in [0.25, 0.3) is 5.69 Å². The van der Waals surface area contributed by atoms with Crippen LogP contribution in [0, 0.1) is 3.57 Å². The van der Waals surface area contributed by atoms with Crippen molar-refractivity contribution in [3.05, 3.63) is 99.9 Å². The molecule has 0 bridgehead atoms. The summed E-state index contributed by atoms with van der Waals surface area (Å²) in [4.78, 5) is 12.9. The molecule has 0 saturated carbocycles. The van der Waals surface area contributed by atoms with E-state index in [9.17, 15) is 4.79 Å². The van der Waals surface area contributed by atoms with Gasteiger partial charge in [0.05, 0.1) is 11.8 Å². The van der Waals surface area contributed by atoms with Crippen LogP contribution in [0.2, 0.25) is 0 Å². The number of amides is 1. The number of para-hydroxylation sites is 1. The van der Waals surface area contributed by atoms with E-state index < -0.39 is 5.25 Å². The minimum atomic E-state index is -0.415. The molecule has 0 radical (unpaired) electrons. The van der Waals surface area contributed by atoms with Crippen molar-refractivity contribution in [3.63, 3.8) is 0 Å². The van der Waals surface area contributed by atoms with Crippen molar-refractivity contribution in [2.75, 3.05) is 5.32 Å². The van der Waals surface area contributed by atoms with E-state index in [1.807, 2.05) is 79.1 Å². The SMILES string of the molecule is CC/C(Cc1ccccc1)=N\NC(=O)[C@@H](C)Sc1nnc(CNc2ccc(I)cc2)n1-c1ccccc1. The van der Waals surface area contributed by atoms with Crippen LogP contribution in [0.4, 0.5) is 5.69 Å². The van der Waals surface area contributed by atoms with Crippen LogP contribution in [0.5, 0.6) is 0 Å². The lowest BCUT2D eigenvalue weighted by molar-refractivity contribution is -0.120. The molecule has 1 atom stereocenters. The third-order valence-corrected chi connectivity index (χ3v) is 7.41. The molecule has 1 amide bonds. The molecular formula is C28H29IN6OS. The summed E-state index contributed by atoms with van der Waals surface area (Å²) in [5.41, 5.74) is 6.79. The molecule has 2 N–H and O–H groups in total. The van der Waals surface area contributed by atoms with Crippen molar-refractivity contribution in [2.24, 2.45) is 5.10 Å². The Morgan fingerprint density at radius 1 is 1.00 bits per heavy atom. The summed E-state index contributed by atoms with van der Waals surface area (Å²) in [5.74, 6) is 0.583. The van der Waals surface area contributed by atoms with Gasteiger partial charge in [0, 0.05) is 27.1 Å². The highest BCUT2D eigenvalue weighted by Gasteiger charge is 2.21. The normalized spacial score (nSPS) is 12.2. The molecule has 0 spiro atoms. The maximum absolute atomic E-state index is 12.9. The fourth-order valence-electron chi connectivity index (χ4n) is 3.59. The molecule has 0 saturated heterocycles. The second-order valence-electron chi connectivity index (χ2n) is 8.36. The van der Waals surface area contributed by atoms with Gasteiger partial charge in [-0.1, -0.05) is 67.2 Å². The van der Waals surface area contributed by atoms with Crippen molar-refractivity contribution in [2.45, 2.75) is 43.6 Å². The van der Waals surface area contributed by atoms with Crippen molar-refractivity contribution < 1.29 is 4.79 Å². The minimum absolute atomic E-state index is 0.176. The van der Waals surface area contributed by atoms with E-state index in [4.69, 9.17) is 0 Å². The van der Waals surface area contributed by atoms with E-state index in [-0.39, 0.29) is 5.91 Å². The van der Waals surface area contributed by atoms with Gasteiger partial charge in [0.1, 0.15) is 0 Å². The first-order chi connectivity index (χ1) is 18.0. The molecular weight excluding hydrogens is 595 g/mol. The van der Waals surface area contributed by atoms with Gasteiger partial charge < -0.3 is 5.32 Å². The molecule has 9 heteroatoms. The van der Waals surface area contributed by atoms with Crippen LogP contribution in [0.3, 0.4) is 0 Å². The highest BCUT2D eigenvalue weighted by molar-refractivity contribution is 14.1. The second-order valence-corrected chi connectivity index (χ2v) is 10.9. The number of carbonyl (C=O) groups excluding carboxylic acids is 1. The number of halogens is 1. The lowest BCUT2D eigenvalue weighted by atomic mass is 10.1. The van der Waals surface area contributed by atoms with Crippen LogP contribution in [-0.4, -0.2) is 31.6 Å². The van der Waals surface area contributed by atoms with Crippen molar-refractivity contribution in [1.29, 1.82) is 0 Å². The fraction of sp³-hybridized carbons (Fsp3) is 0.214. The van der Waals surface area contributed by atoms with Gasteiger partial charge in [0.2, 0.25) is 0 Å². The molecule has 0 aliphatic rings. The van der Waals surface area contributed by atoms with Crippen molar-refractivity contribution in [3.8, 4) is 5.69 Å². The quantitative estimate of drug-likeness (QED) is 0.0914. The standard InChI is InChI=1S/C28H29IN6OS/c1-3-23(18-21-10-6-4-7-11-21)31-33-27(36)20(2)37-28-34-32-26(35(28)25-12-8-5-9-13-25)19-30-24-16-14-22(29)15-17-24/h4-17,20,30H,3,18-19H2,1-2H3,(H,33,36)/b31-23+/t20-/m1/s1. The zero-order valence-electron chi connectivity index (χ0n) is 20.8. The van der Waals surface area contributed by atoms with E-state index in [2.05, 4.69) is 72.9 Å². The Labute approximate surface area is 235 Å². The van der Waals surface area contributed by atoms with E-state index in [1.165, 1.54) is 20.9 Å². The first-order valence-electron chi connectivity index (χ1n) is 12.1. The van der Waals surface area contributed by atoms with Gasteiger partial charge in [0.25, 0.3) is 5.91 Å². The van der Waals surface area contributed by atoms with Crippen molar-refractivity contribution in [1.82, 2.24) is 20.2 Å². The first-order valence-corrected chi connectivity index (χ1v) is 14.0. The summed E-state index contributed by atoms with van der Waals surface area (Å²) in [5, 5.41) is 16.9. The van der Waals surface area contributed by atoms with Gasteiger partial charge in [-0.2, -0.15) is 5.10 Å². The monoisotopic (exact) mass is 624 g/mol. The molecule has 37 heavy (non-hydrogen) atoms. The average molecular weight is 625 g/mol. The largest absolute Gasteiger partial charge is 0.378 e. The smallest absolute Gasteiger partial charge is 0.253 e. The maximum atomic E-state index is 12.9. The third-order valence-electron chi connectivity index (χ3n) is 5.64. The molecule has 0 aliphatic carbocycles. The van der Waals surface area contributed by atoms with Crippen LogP contribution in [0.15, 0.2) is 95.2 Å². The number of nitrogens with zero attached hydrogens (tertiary/aromatic N) is 4. The predicted octanol–water partition coefficient (Wildman–Crippen LogP) is 6.09. The predicted molar refractivity (Wildman–Crippen MR) is 159 cm³/mol. The lowest BCUT2D eigenvalue weighted by Crippen LogP contribution is -2.28. The molecule has 4 rings (SSSR count). The highest BCUT2D eigenvalue weighted by atomic mass is 127. The number of thioether (sulfide) groups is 1. The zero-order chi connectivity index (χ0) is 26.0. The number of aromatic nitrogens is 3. The zero-order valence-corrected chi connectivity index (χ0v) is 23.7. The molecule has 0 fully saturated rings. The van der Waals surface area contributed by atoms with Crippen molar-refractivity contribution >= 4 is 51.7 Å². The van der Waals surface area contributed by atoms with Crippen LogP contribution in [0.1, 0.15) is 31.7 Å². The lowest BCUT2D eigenvalue weighted by Gasteiger charge is -2.14. The molecule has 4 aromatic rings. The van der Waals surface area contributed by atoms with E-state index >= 15 is 0 Å². The Balaban J connectivity index is 1.46. The summed E-state index contributed by atoms with van der Waals surface area (Å²) in [6.45, 7) is 4.39. The number of hydrazone groups is 1. The Hall–Kier alpha value is -3.18. The van der Waals surface area contributed by atoms with Crippen LogP contribution >= 0.6 is 34.4 Å². The second kappa shape index (κ2) is 13.4. The van der Waals surface area contributed by atoms with Crippen LogP contribution < -0.4 is 10.7 Å². The maximum Gasteiger partial charge on any atom is 0.253 e. The summed E-state index contributed by atoms with van der Waals surface area (Å²) in [6, 6.07) is 28.3. The van der Waals surface area contributed by atoms with Gasteiger partial charge in [-0.25, -0.2) is 5.43 Å². The first kappa shape index (κ1) is 26.9. The summed E-state index contributed by atoms with van der Waals surface area (Å²) >= 11 is 3.65. The fourth-order valence-corrected chi connectivity index (χ4v) is 4.83. The topological polar surface area (TPSA) is 84.2 Å². The molecule has 3 aromatic carbocycles. The molecule has 7 nitrogen and oxygen atoms in total. The highest BCUT2D eigenvalue weighted by Crippen LogP contribution is 2.26. The number of benzene rings is 3. The number of nitrogens with one attached hydrogen (secondary N) is 2. The van der Waals surface area contributed by atoms with Gasteiger partial charge in [-0.3, -0.25) is 9.36 Å². The molecule has 0 aliphatic heterocycles. The number of hydrogen-bond acceptors (Lipinski definition) is 6. The Bertz CT molecular complexity index is 1330. The van der Waals surface area contributed by atoms with Crippen LogP contribution in [-0.2, 0) is 17.8 Å². The van der Waals surface area contributed by atoms with E-state index in [0.29, 0.717) is 18.1 Å². The number of carbonyl (C=O) groups is 1. The van der Waals surface area contributed by atoms with Gasteiger partial charge in [0.15, 0.2) is 11.0 Å². The summed E-state index contributed by atoms with van der Waals surface area (Å²) < 4.78 is 3.17. The van der Waals surface area contributed by atoms with E-state index in [0.717, 1.165) is 29.3 Å². The van der Waals surface area contributed by atoms with Gasteiger partial charge in [-0.15, -0.1) is 10.2 Å². The number of anilines is 1.